The fourth-order valence-electron chi connectivity index (χ4n) is 4.60. The summed E-state index contributed by atoms with van der Waals surface area (Å²) in [6.45, 7) is 0.860. The summed E-state index contributed by atoms with van der Waals surface area (Å²) in [5.41, 5.74) is 7.12. The van der Waals surface area contributed by atoms with E-state index in [1.807, 2.05) is 0 Å². The summed E-state index contributed by atoms with van der Waals surface area (Å²) < 4.78 is 32.8. The molecule has 7 N–H and O–H groups in total. The molecule has 2 aromatic rings. The molecule has 3 rings (SSSR count). The van der Waals surface area contributed by atoms with Gasteiger partial charge < -0.3 is 31.7 Å². The van der Waals surface area contributed by atoms with Crippen molar-refractivity contribution < 1.29 is 27.5 Å². The molecule has 12 nitrogen and oxygen atoms in total. The second-order valence-electron chi connectivity index (χ2n) is 10.1. The number of rotatable bonds is 14. The normalized spacial score (nSPS) is 14.3. The summed E-state index contributed by atoms with van der Waals surface area (Å²) in [6.07, 6.45) is 5.26. The lowest BCUT2D eigenvalue weighted by Crippen LogP contribution is -2.45. The van der Waals surface area contributed by atoms with Crippen LogP contribution in [0.5, 0.6) is 5.75 Å². The van der Waals surface area contributed by atoms with Crippen LogP contribution in [-0.2, 0) is 21.2 Å². The molecule has 1 saturated carbocycles. The number of carbonyl (C=O) groups is 3. The number of nitrogens with one attached hydrogen (secondary N) is 5. The largest absolute Gasteiger partial charge is 0.494 e. The van der Waals surface area contributed by atoms with E-state index >= 15 is 0 Å². The van der Waals surface area contributed by atoms with Crippen molar-refractivity contribution in [1.82, 2.24) is 20.7 Å². The number of amides is 4. The molecule has 1 unspecified atom stereocenters. The van der Waals surface area contributed by atoms with E-state index in [4.69, 9.17) is 22.1 Å². The molecule has 0 spiro atoms. The van der Waals surface area contributed by atoms with Gasteiger partial charge in [-0.1, -0.05) is 43.0 Å². The van der Waals surface area contributed by atoms with Gasteiger partial charge in [0, 0.05) is 36.5 Å². The summed E-state index contributed by atoms with van der Waals surface area (Å²) in [5, 5.41) is 11.7. The van der Waals surface area contributed by atoms with Gasteiger partial charge in [0.1, 0.15) is 0 Å². The van der Waals surface area contributed by atoms with Gasteiger partial charge in [-0.3, -0.25) is 9.59 Å². The number of hydrogen-bond acceptors (Lipinski definition) is 9. The van der Waals surface area contributed by atoms with E-state index in [2.05, 4.69) is 38.6 Å². The fourth-order valence-corrected chi connectivity index (χ4v) is 5.90. The third-order valence-corrected chi connectivity index (χ3v) is 8.83. The second kappa shape index (κ2) is 16.6. The molecule has 236 valence electrons. The molecule has 2 aromatic carbocycles. The third kappa shape index (κ3) is 10.5. The van der Waals surface area contributed by atoms with E-state index in [-0.39, 0.29) is 47.0 Å². The van der Waals surface area contributed by atoms with Gasteiger partial charge in [-0.25, -0.2) is 17.9 Å². The standard InChI is InChI=1S/C28H39ClN6O6S2/c1-41-25-22(15-19(29)16-24(25)31-13-14-33-27(37)23(30)17-42)26(36)32-12-11-18-7-9-21(10-8-18)43(39,40)35-28(38)34-20-5-3-2-4-6-20/h7-10,15-16,20,23,31,42H,2-6,11-14,17,30H2,1H3,(H,32,36)(H,33,37)(H2,34,35,38). The Morgan fingerprint density at radius 1 is 1.05 bits per heavy atom. The number of benzene rings is 2. The van der Waals surface area contributed by atoms with E-state index in [9.17, 15) is 22.8 Å². The van der Waals surface area contributed by atoms with Gasteiger partial charge in [-0.05, 0) is 49.1 Å². The van der Waals surface area contributed by atoms with Crippen LogP contribution in [0.1, 0.15) is 48.0 Å². The number of carbonyl (C=O) groups excluding carboxylic acids is 3. The van der Waals surface area contributed by atoms with Crippen LogP contribution in [0.3, 0.4) is 0 Å². The van der Waals surface area contributed by atoms with Crippen LogP contribution in [0, 0.1) is 0 Å². The first-order chi connectivity index (χ1) is 20.5. The molecular weight excluding hydrogens is 616 g/mol. The first-order valence-electron chi connectivity index (χ1n) is 14.0. The Morgan fingerprint density at radius 2 is 1.74 bits per heavy atom. The average Bonchev–Trinajstić information content (AvgIpc) is 2.98. The van der Waals surface area contributed by atoms with Crippen LogP contribution in [-0.4, -0.2) is 70.8 Å². The van der Waals surface area contributed by atoms with Crippen LogP contribution in [0.2, 0.25) is 5.02 Å². The number of sulfonamides is 1. The summed E-state index contributed by atoms with van der Waals surface area (Å²) in [7, 11) is -2.59. The highest BCUT2D eigenvalue weighted by Gasteiger charge is 2.22. The van der Waals surface area contributed by atoms with Crippen molar-refractivity contribution >= 4 is 57.8 Å². The number of urea groups is 1. The quantitative estimate of drug-likeness (QED) is 0.120. The molecule has 0 aliphatic heterocycles. The second-order valence-corrected chi connectivity index (χ2v) is 12.6. The Balaban J connectivity index is 1.52. The number of hydrogen-bond donors (Lipinski definition) is 7. The molecule has 1 fully saturated rings. The molecule has 0 radical (unpaired) electrons. The van der Waals surface area contributed by atoms with E-state index in [0.29, 0.717) is 23.7 Å². The molecule has 15 heteroatoms. The lowest BCUT2D eigenvalue weighted by molar-refractivity contribution is -0.121. The maximum Gasteiger partial charge on any atom is 0.328 e. The maximum atomic E-state index is 13.0. The molecule has 0 heterocycles. The van der Waals surface area contributed by atoms with E-state index in [0.717, 1.165) is 37.7 Å². The zero-order valence-corrected chi connectivity index (χ0v) is 26.4. The minimum atomic E-state index is -4.02. The first-order valence-corrected chi connectivity index (χ1v) is 16.5. The van der Waals surface area contributed by atoms with E-state index < -0.39 is 28.0 Å². The fraction of sp³-hybridized carbons (Fsp3) is 0.464. The maximum absolute atomic E-state index is 13.0. The predicted molar refractivity (Wildman–Crippen MR) is 170 cm³/mol. The summed E-state index contributed by atoms with van der Waals surface area (Å²) in [6, 6.07) is 7.75. The van der Waals surface area contributed by atoms with Gasteiger partial charge in [0.15, 0.2) is 5.75 Å². The zero-order valence-electron chi connectivity index (χ0n) is 24.0. The Hall–Kier alpha value is -3.20. The number of ether oxygens (including phenoxy) is 1. The molecular formula is C28H39ClN6O6S2. The Kier molecular flexibility index (Phi) is 13.2. The Labute approximate surface area is 262 Å². The summed E-state index contributed by atoms with van der Waals surface area (Å²) in [5.74, 6) is -0.219. The highest BCUT2D eigenvalue weighted by atomic mass is 35.5. The van der Waals surface area contributed by atoms with Crippen molar-refractivity contribution in [3.63, 3.8) is 0 Å². The smallest absolute Gasteiger partial charge is 0.328 e. The minimum absolute atomic E-state index is 0.0153. The van der Waals surface area contributed by atoms with Gasteiger partial charge in [-0.15, -0.1) is 0 Å². The SMILES string of the molecule is COc1c(NCCNC(=O)C(N)CS)cc(Cl)cc1C(=O)NCCc1ccc(S(=O)(=O)NC(=O)NC2CCCCC2)cc1. The van der Waals surface area contributed by atoms with Gasteiger partial charge in [0.2, 0.25) is 5.91 Å². The summed E-state index contributed by atoms with van der Waals surface area (Å²) >= 11 is 10.3. The molecule has 43 heavy (non-hydrogen) atoms. The van der Waals surface area contributed by atoms with Crippen molar-refractivity contribution in [3.05, 3.63) is 52.5 Å². The van der Waals surface area contributed by atoms with Gasteiger partial charge in [0.05, 0.1) is 29.3 Å². The molecule has 1 aliphatic carbocycles. The molecule has 1 atom stereocenters. The lowest BCUT2D eigenvalue weighted by atomic mass is 9.96. The molecule has 4 amide bonds. The first kappa shape index (κ1) is 34.3. The molecule has 1 aliphatic rings. The number of nitrogens with two attached hydrogens (primary N) is 1. The van der Waals surface area contributed by atoms with Crippen LogP contribution in [0.15, 0.2) is 41.3 Å². The number of anilines is 1. The Morgan fingerprint density at radius 3 is 2.40 bits per heavy atom. The van der Waals surface area contributed by atoms with E-state index in [1.165, 1.54) is 25.3 Å². The van der Waals surface area contributed by atoms with Crippen molar-refractivity contribution in [2.75, 3.05) is 37.8 Å². The van der Waals surface area contributed by atoms with E-state index in [1.54, 1.807) is 18.2 Å². The summed E-state index contributed by atoms with van der Waals surface area (Å²) in [4.78, 5) is 37.0. The van der Waals surface area contributed by atoms with Crippen molar-refractivity contribution in [3.8, 4) is 5.75 Å². The number of halogens is 1. The Bertz CT molecular complexity index is 1370. The third-order valence-electron chi connectivity index (χ3n) is 6.88. The molecule has 0 bridgehead atoms. The van der Waals surface area contributed by atoms with Crippen molar-refractivity contribution in [2.45, 2.75) is 55.5 Å². The van der Waals surface area contributed by atoms with Crippen LogP contribution >= 0.6 is 24.2 Å². The number of methoxy groups -OCH3 is 1. The monoisotopic (exact) mass is 654 g/mol. The van der Waals surface area contributed by atoms with Crippen LogP contribution in [0.25, 0.3) is 0 Å². The van der Waals surface area contributed by atoms with Crippen molar-refractivity contribution in [2.24, 2.45) is 5.73 Å². The highest BCUT2D eigenvalue weighted by Crippen LogP contribution is 2.32. The van der Waals surface area contributed by atoms with Gasteiger partial charge in [0.25, 0.3) is 15.9 Å². The number of thiol groups is 1. The van der Waals surface area contributed by atoms with Gasteiger partial charge >= 0.3 is 6.03 Å². The molecule has 0 saturated heterocycles. The topological polar surface area (TPSA) is 181 Å². The van der Waals surface area contributed by atoms with Crippen molar-refractivity contribution in [1.29, 1.82) is 0 Å². The van der Waals surface area contributed by atoms with Gasteiger partial charge in [-0.2, -0.15) is 12.6 Å². The van der Waals surface area contributed by atoms with Crippen LogP contribution in [0.4, 0.5) is 10.5 Å². The lowest BCUT2D eigenvalue weighted by Gasteiger charge is -2.22. The molecule has 0 aromatic heterocycles. The predicted octanol–water partition coefficient (Wildman–Crippen LogP) is 2.43. The highest BCUT2D eigenvalue weighted by molar-refractivity contribution is 7.90. The van der Waals surface area contributed by atoms with Crippen LogP contribution < -0.4 is 36.5 Å². The minimum Gasteiger partial charge on any atom is -0.494 e. The average molecular weight is 655 g/mol. The zero-order chi connectivity index (χ0) is 31.4.